The number of aromatic nitrogens is 2. The first-order valence-corrected chi connectivity index (χ1v) is 7.69. The first-order chi connectivity index (χ1) is 9.83. The van der Waals surface area contributed by atoms with E-state index in [4.69, 9.17) is 9.26 Å². The monoisotopic (exact) mass is 280 g/mol. The molecule has 6 nitrogen and oxygen atoms in total. The Labute approximate surface area is 119 Å². The number of hydrogen-bond acceptors (Lipinski definition) is 6. The summed E-state index contributed by atoms with van der Waals surface area (Å²) in [6.07, 6.45) is 3.61. The zero-order valence-electron chi connectivity index (χ0n) is 12.2. The van der Waals surface area contributed by atoms with E-state index >= 15 is 0 Å². The fraction of sp³-hybridized carbons (Fsp3) is 0.857. The fourth-order valence-electron chi connectivity index (χ4n) is 2.97. The molecule has 2 fully saturated rings. The minimum atomic E-state index is 0.452. The van der Waals surface area contributed by atoms with E-state index in [1.807, 2.05) is 6.92 Å². The highest BCUT2D eigenvalue weighted by atomic mass is 16.5. The topological polar surface area (TPSA) is 63.4 Å². The average molecular weight is 280 g/mol. The van der Waals surface area contributed by atoms with E-state index in [0.29, 0.717) is 12.0 Å². The molecule has 1 aliphatic carbocycles. The van der Waals surface area contributed by atoms with Crippen LogP contribution in [0.3, 0.4) is 0 Å². The Morgan fingerprint density at radius 1 is 1.35 bits per heavy atom. The van der Waals surface area contributed by atoms with Crippen molar-refractivity contribution in [2.24, 2.45) is 5.92 Å². The van der Waals surface area contributed by atoms with Crippen LogP contribution in [-0.4, -0.2) is 53.9 Å². The molecule has 3 rings (SSSR count). The maximum atomic E-state index is 5.57. The maximum Gasteiger partial charge on any atom is 0.226 e. The summed E-state index contributed by atoms with van der Waals surface area (Å²) < 4.78 is 10.9. The van der Waals surface area contributed by atoms with Crippen LogP contribution in [0.15, 0.2) is 4.52 Å². The van der Waals surface area contributed by atoms with Crippen LogP contribution in [0.25, 0.3) is 0 Å². The molecule has 1 N–H and O–H groups in total. The van der Waals surface area contributed by atoms with Crippen molar-refractivity contribution in [3.8, 4) is 0 Å². The van der Waals surface area contributed by atoms with Crippen molar-refractivity contribution in [3.05, 3.63) is 11.7 Å². The van der Waals surface area contributed by atoms with Crippen LogP contribution in [0.5, 0.6) is 0 Å². The van der Waals surface area contributed by atoms with E-state index in [-0.39, 0.29) is 0 Å². The third-order valence-corrected chi connectivity index (χ3v) is 4.14. The molecule has 1 saturated heterocycles. The summed E-state index contributed by atoms with van der Waals surface area (Å²) in [5.74, 6) is 2.26. The van der Waals surface area contributed by atoms with Crippen LogP contribution in [0, 0.1) is 5.92 Å². The summed E-state index contributed by atoms with van der Waals surface area (Å²) >= 11 is 0. The van der Waals surface area contributed by atoms with Crippen LogP contribution in [0.1, 0.15) is 31.5 Å². The first-order valence-electron chi connectivity index (χ1n) is 7.69. The lowest BCUT2D eigenvalue weighted by atomic mass is 9.80. The lowest BCUT2D eigenvalue weighted by Gasteiger charge is -2.33. The second-order valence-electron chi connectivity index (χ2n) is 5.75. The Morgan fingerprint density at radius 3 is 2.90 bits per heavy atom. The quantitative estimate of drug-likeness (QED) is 0.833. The lowest BCUT2D eigenvalue weighted by Crippen LogP contribution is -2.43. The Morgan fingerprint density at radius 2 is 2.15 bits per heavy atom. The highest BCUT2D eigenvalue weighted by Gasteiger charge is 2.31. The zero-order chi connectivity index (χ0) is 13.8. The van der Waals surface area contributed by atoms with Crippen LogP contribution >= 0.6 is 0 Å². The van der Waals surface area contributed by atoms with Gasteiger partial charge in [-0.05, 0) is 25.7 Å². The number of hydrogen-bond donors (Lipinski definition) is 1. The van der Waals surface area contributed by atoms with E-state index in [1.54, 1.807) is 0 Å². The molecule has 2 aliphatic rings. The minimum Gasteiger partial charge on any atom is -0.378 e. The molecule has 1 aliphatic heterocycles. The Kier molecular flexibility index (Phi) is 4.65. The van der Waals surface area contributed by atoms with Crippen LogP contribution in [-0.2, 0) is 17.7 Å². The molecule has 6 heteroatoms. The van der Waals surface area contributed by atoms with Gasteiger partial charge in [0.2, 0.25) is 5.89 Å². The number of piperazine rings is 1. The molecule has 0 unspecified atom stereocenters. The summed E-state index contributed by atoms with van der Waals surface area (Å²) in [5.41, 5.74) is 0. The number of nitrogens with one attached hydrogen (secondary N) is 1. The molecule has 0 amide bonds. The molecule has 0 bridgehead atoms. The van der Waals surface area contributed by atoms with E-state index in [9.17, 15) is 0 Å². The summed E-state index contributed by atoms with van der Waals surface area (Å²) in [6.45, 7) is 7.88. The summed E-state index contributed by atoms with van der Waals surface area (Å²) in [6, 6.07) is 0. The molecule has 2 heterocycles. The van der Waals surface area contributed by atoms with Gasteiger partial charge in [-0.2, -0.15) is 4.98 Å². The Bertz CT molecular complexity index is 411. The highest BCUT2D eigenvalue weighted by Crippen LogP contribution is 2.32. The van der Waals surface area contributed by atoms with Crippen molar-refractivity contribution in [2.45, 2.75) is 38.8 Å². The molecule has 0 radical (unpaired) electrons. The van der Waals surface area contributed by atoms with Crippen molar-refractivity contribution in [2.75, 3.05) is 32.8 Å². The third-order valence-electron chi connectivity index (χ3n) is 4.14. The normalized spacial score (nSPS) is 27.4. The van der Waals surface area contributed by atoms with Gasteiger partial charge < -0.3 is 14.6 Å². The van der Waals surface area contributed by atoms with Gasteiger partial charge >= 0.3 is 0 Å². The van der Waals surface area contributed by atoms with E-state index < -0.39 is 0 Å². The molecule has 0 atom stereocenters. The van der Waals surface area contributed by atoms with Crippen molar-refractivity contribution in [1.29, 1.82) is 0 Å². The molecule has 20 heavy (non-hydrogen) atoms. The minimum absolute atomic E-state index is 0.452. The van der Waals surface area contributed by atoms with Crippen LogP contribution < -0.4 is 5.32 Å². The first kappa shape index (κ1) is 14.0. The second kappa shape index (κ2) is 6.65. The van der Waals surface area contributed by atoms with Crippen molar-refractivity contribution < 1.29 is 9.26 Å². The van der Waals surface area contributed by atoms with E-state index in [1.165, 1.54) is 0 Å². The Hall–Kier alpha value is -0.980. The van der Waals surface area contributed by atoms with Gasteiger partial charge in [0.05, 0.1) is 12.6 Å². The van der Waals surface area contributed by atoms with Crippen molar-refractivity contribution in [1.82, 2.24) is 20.4 Å². The standard InChI is InChI=1S/C14H24N4O2/c1-2-19-12-7-11(8-12)9-14-16-13(17-20-14)10-18-5-3-15-4-6-18/h11-12,15H,2-10H2,1H3. The predicted molar refractivity (Wildman–Crippen MR) is 74.3 cm³/mol. The van der Waals surface area contributed by atoms with Gasteiger partial charge in [0, 0.05) is 39.2 Å². The molecule has 1 aromatic rings. The van der Waals surface area contributed by atoms with Crippen LogP contribution in [0.2, 0.25) is 0 Å². The SMILES string of the molecule is CCOC1CC(Cc2nc(CN3CCNCC3)no2)C1. The van der Waals surface area contributed by atoms with Crippen molar-refractivity contribution >= 4 is 0 Å². The Balaban J connectivity index is 1.43. The molecular formula is C14H24N4O2. The lowest BCUT2D eigenvalue weighted by molar-refractivity contribution is -0.0258. The number of rotatable bonds is 6. The summed E-state index contributed by atoms with van der Waals surface area (Å²) in [4.78, 5) is 6.88. The highest BCUT2D eigenvalue weighted by molar-refractivity contribution is 4.92. The predicted octanol–water partition coefficient (Wildman–Crippen LogP) is 0.832. The average Bonchev–Trinajstić information content (AvgIpc) is 2.85. The fourth-order valence-corrected chi connectivity index (χ4v) is 2.97. The van der Waals surface area contributed by atoms with Gasteiger partial charge in [0.15, 0.2) is 5.82 Å². The zero-order valence-corrected chi connectivity index (χ0v) is 12.2. The molecule has 0 aromatic carbocycles. The third kappa shape index (κ3) is 3.56. The van der Waals surface area contributed by atoms with Gasteiger partial charge in [0.25, 0.3) is 0 Å². The molecule has 1 aromatic heterocycles. The summed E-state index contributed by atoms with van der Waals surface area (Å²) in [5, 5.41) is 7.44. The van der Waals surface area contributed by atoms with Gasteiger partial charge in [0.1, 0.15) is 0 Å². The molecule has 0 spiro atoms. The smallest absolute Gasteiger partial charge is 0.226 e. The number of ether oxygens (including phenoxy) is 1. The summed E-state index contributed by atoms with van der Waals surface area (Å²) in [7, 11) is 0. The van der Waals surface area contributed by atoms with Crippen molar-refractivity contribution in [3.63, 3.8) is 0 Å². The molecular weight excluding hydrogens is 256 g/mol. The maximum absolute atomic E-state index is 5.57. The van der Waals surface area contributed by atoms with Gasteiger partial charge in [-0.1, -0.05) is 5.16 Å². The largest absolute Gasteiger partial charge is 0.378 e. The van der Waals surface area contributed by atoms with E-state index in [0.717, 1.165) is 70.3 Å². The van der Waals surface area contributed by atoms with Crippen LogP contribution in [0.4, 0.5) is 0 Å². The molecule has 112 valence electrons. The molecule has 1 saturated carbocycles. The van der Waals surface area contributed by atoms with Gasteiger partial charge in [-0.3, -0.25) is 4.90 Å². The van der Waals surface area contributed by atoms with Gasteiger partial charge in [-0.25, -0.2) is 0 Å². The second-order valence-corrected chi connectivity index (χ2v) is 5.75. The van der Waals surface area contributed by atoms with Gasteiger partial charge in [-0.15, -0.1) is 0 Å². The van der Waals surface area contributed by atoms with E-state index in [2.05, 4.69) is 20.4 Å². The number of nitrogens with zero attached hydrogens (tertiary/aromatic N) is 3.